The normalized spacial score (nSPS) is 17.0. The number of amides is 3. The molecule has 0 aliphatic carbocycles. The fourth-order valence-electron chi connectivity index (χ4n) is 3.15. The minimum atomic E-state index is -1.34. The summed E-state index contributed by atoms with van der Waals surface area (Å²) in [5, 5.41) is 18.2. The van der Waals surface area contributed by atoms with Crippen molar-refractivity contribution in [2.45, 2.75) is 25.4 Å². The Bertz CT molecular complexity index is 1030. The number of aliphatic carboxylic acids is 1. The van der Waals surface area contributed by atoms with Crippen molar-refractivity contribution in [3.8, 4) is 11.1 Å². The van der Waals surface area contributed by atoms with Gasteiger partial charge in [-0.2, -0.15) is 11.3 Å². The first-order valence-electron chi connectivity index (χ1n) is 9.17. The van der Waals surface area contributed by atoms with Gasteiger partial charge in [0.1, 0.15) is 0 Å². The maximum atomic E-state index is 12.5. The fourth-order valence-corrected chi connectivity index (χ4v) is 4.01. The molecule has 0 saturated carbocycles. The van der Waals surface area contributed by atoms with E-state index < -0.39 is 35.8 Å². The van der Waals surface area contributed by atoms with Gasteiger partial charge in [-0.3, -0.25) is 14.4 Å². The van der Waals surface area contributed by atoms with Crippen LogP contribution in [0.1, 0.15) is 23.6 Å². The molecule has 0 radical (unpaired) electrons. The van der Waals surface area contributed by atoms with Gasteiger partial charge in [-0.25, -0.2) is 4.79 Å². The number of benzene rings is 1. The third kappa shape index (κ3) is 4.74. The number of carbonyl (C=O) groups is 4. The van der Waals surface area contributed by atoms with E-state index in [4.69, 9.17) is 0 Å². The second-order valence-corrected chi connectivity index (χ2v) is 7.71. The van der Waals surface area contributed by atoms with E-state index in [0.717, 1.165) is 16.7 Å². The SMILES string of the molecule is Cc1cscc1-c1cccc([C@H](CC(=O)O)NC(=O)NC2C(=O)C=CN(C)C2=O)c1. The second-order valence-electron chi connectivity index (χ2n) is 6.96. The van der Waals surface area contributed by atoms with Crippen LogP contribution in [-0.2, 0) is 14.4 Å². The predicted molar refractivity (Wildman–Crippen MR) is 112 cm³/mol. The topological polar surface area (TPSA) is 116 Å². The van der Waals surface area contributed by atoms with E-state index in [1.165, 1.54) is 24.2 Å². The summed E-state index contributed by atoms with van der Waals surface area (Å²) in [7, 11) is 1.48. The molecular weight excluding hydrogens is 406 g/mol. The van der Waals surface area contributed by atoms with Crippen LogP contribution in [0.3, 0.4) is 0 Å². The number of nitrogens with zero attached hydrogens (tertiary/aromatic N) is 1. The van der Waals surface area contributed by atoms with Crippen molar-refractivity contribution < 1.29 is 24.3 Å². The molecule has 30 heavy (non-hydrogen) atoms. The number of rotatable bonds is 6. The highest BCUT2D eigenvalue weighted by molar-refractivity contribution is 7.08. The van der Waals surface area contributed by atoms with Gasteiger partial charge in [0.05, 0.1) is 12.5 Å². The molecule has 3 N–H and O–H groups in total. The predicted octanol–water partition coefficient (Wildman–Crippen LogP) is 2.46. The zero-order chi connectivity index (χ0) is 21.8. The first-order valence-corrected chi connectivity index (χ1v) is 10.1. The third-order valence-electron chi connectivity index (χ3n) is 4.76. The molecule has 1 aliphatic rings. The maximum Gasteiger partial charge on any atom is 0.316 e. The Labute approximate surface area is 177 Å². The molecular formula is C21H21N3O5S. The van der Waals surface area contributed by atoms with Gasteiger partial charge in [0.15, 0.2) is 11.8 Å². The lowest BCUT2D eigenvalue weighted by molar-refractivity contribution is -0.138. The standard InChI is InChI=1S/C21H21N3O5S/c1-12-10-30-11-15(12)13-4-3-5-14(8-13)16(9-18(26)27)22-21(29)23-19-17(25)6-7-24(2)20(19)28/h3-8,10-11,16,19H,9H2,1-2H3,(H,26,27)(H2,22,23,29)/t16-,19?/m0/s1. The highest BCUT2D eigenvalue weighted by Crippen LogP contribution is 2.29. The molecule has 3 amide bonds. The van der Waals surface area contributed by atoms with Crippen LogP contribution in [0.15, 0.2) is 47.3 Å². The number of nitrogens with one attached hydrogen (secondary N) is 2. The minimum absolute atomic E-state index is 0.355. The zero-order valence-corrected chi connectivity index (χ0v) is 17.2. The molecule has 3 rings (SSSR count). The van der Waals surface area contributed by atoms with Crippen LogP contribution in [0.5, 0.6) is 0 Å². The molecule has 1 aromatic heterocycles. The Morgan fingerprint density at radius 1 is 1.27 bits per heavy atom. The largest absolute Gasteiger partial charge is 0.481 e. The third-order valence-corrected chi connectivity index (χ3v) is 5.62. The summed E-state index contributed by atoms with van der Waals surface area (Å²) < 4.78 is 0. The highest BCUT2D eigenvalue weighted by atomic mass is 32.1. The lowest BCUT2D eigenvalue weighted by Gasteiger charge is -2.25. The van der Waals surface area contributed by atoms with Gasteiger partial charge >= 0.3 is 12.0 Å². The van der Waals surface area contributed by atoms with Crippen LogP contribution in [0.2, 0.25) is 0 Å². The van der Waals surface area contributed by atoms with Crippen LogP contribution < -0.4 is 10.6 Å². The summed E-state index contributed by atoms with van der Waals surface area (Å²) in [5.41, 5.74) is 3.65. The second kappa shape index (κ2) is 8.91. The van der Waals surface area contributed by atoms with Gasteiger partial charge in [0.25, 0.3) is 5.91 Å². The number of urea groups is 1. The van der Waals surface area contributed by atoms with Crippen molar-refractivity contribution in [1.29, 1.82) is 0 Å². The molecule has 1 unspecified atom stereocenters. The summed E-state index contributed by atoms with van der Waals surface area (Å²) in [6.45, 7) is 1.99. The van der Waals surface area contributed by atoms with Crippen molar-refractivity contribution in [2.24, 2.45) is 0 Å². The van der Waals surface area contributed by atoms with Crippen molar-refractivity contribution in [3.05, 3.63) is 58.4 Å². The van der Waals surface area contributed by atoms with E-state index in [2.05, 4.69) is 10.6 Å². The van der Waals surface area contributed by atoms with Crippen molar-refractivity contribution >= 4 is 35.0 Å². The van der Waals surface area contributed by atoms with Gasteiger partial charge in [-0.05, 0) is 46.0 Å². The Hall–Kier alpha value is -3.46. The Morgan fingerprint density at radius 3 is 2.70 bits per heavy atom. The van der Waals surface area contributed by atoms with Gasteiger partial charge < -0.3 is 20.6 Å². The number of carboxylic acids is 1. The molecule has 156 valence electrons. The number of aryl methyl sites for hydroxylation is 1. The molecule has 0 bridgehead atoms. The first kappa shape index (κ1) is 21.3. The number of carboxylic acid groups (broad SMARTS) is 1. The molecule has 0 fully saturated rings. The van der Waals surface area contributed by atoms with E-state index in [1.54, 1.807) is 23.5 Å². The summed E-state index contributed by atoms with van der Waals surface area (Å²) in [4.78, 5) is 49.1. The van der Waals surface area contributed by atoms with Gasteiger partial charge in [0.2, 0.25) is 0 Å². The van der Waals surface area contributed by atoms with E-state index in [1.807, 2.05) is 29.8 Å². The van der Waals surface area contributed by atoms with Crippen LogP contribution in [0.4, 0.5) is 4.79 Å². The molecule has 0 spiro atoms. The van der Waals surface area contributed by atoms with Crippen molar-refractivity contribution in [1.82, 2.24) is 15.5 Å². The van der Waals surface area contributed by atoms with Gasteiger partial charge in [-0.1, -0.05) is 18.2 Å². The fraction of sp³-hybridized carbons (Fsp3) is 0.238. The zero-order valence-electron chi connectivity index (χ0n) is 16.4. The van der Waals surface area contributed by atoms with E-state index in [0.29, 0.717) is 5.56 Å². The number of carbonyl (C=O) groups excluding carboxylic acids is 3. The number of hydrogen-bond acceptors (Lipinski definition) is 5. The maximum absolute atomic E-state index is 12.5. The summed E-state index contributed by atoms with van der Waals surface area (Å²) in [6, 6.07) is 4.29. The lowest BCUT2D eigenvalue weighted by Crippen LogP contribution is -2.55. The van der Waals surface area contributed by atoms with Gasteiger partial charge in [0, 0.05) is 19.3 Å². The molecule has 2 heterocycles. The Morgan fingerprint density at radius 2 is 2.03 bits per heavy atom. The van der Waals surface area contributed by atoms with Crippen LogP contribution in [-0.4, -0.2) is 46.8 Å². The minimum Gasteiger partial charge on any atom is -0.481 e. The molecule has 8 nitrogen and oxygen atoms in total. The van der Waals surface area contributed by atoms with Crippen molar-refractivity contribution in [2.75, 3.05) is 7.05 Å². The monoisotopic (exact) mass is 427 g/mol. The first-order chi connectivity index (χ1) is 14.3. The molecule has 1 aromatic carbocycles. The summed E-state index contributed by atoms with van der Waals surface area (Å²) >= 11 is 1.57. The number of thiophene rings is 1. The number of ketones is 1. The molecule has 2 aromatic rings. The highest BCUT2D eigenvalue weighted by Gasteiger charge is 2.32. The molecule has 2 atom stereocenters. The summed E-state index contributed by atoms with van der Waals surface area (Å²) in [6.07, 6.45) is 2.17. The van der Waals surface area contributed by atoms with Gasteiger partial charge in [-0.15, -0.1) is 0 Å². The van der Waals surface area contributed by atoms with Crippen LogP contribution in [0, 0.1) is 6.92 Å². The number of likely N-dealkylation sites (N-methyl/N-ethyl adjacent to an activating group) is 1. The lowest BCUT2D eigenvalue weighted by atomic mass is 9.97. The number of hydrogen-bond donors (Lipinski definition) is 3. The Kier molecular flexibility index (Phi) is 6.31. The van der Waals surface area contributed by atoms with Crippen molar-refractivity contribution in [3.63, 3.8) is 0 Å². The summed E-state index contributed by atoms with van der Waals surface area (Å²) in [5.74, 6) is -2.20. The molecule has 1 aliphatic heterocycles. The van der Waals surface area contributed by atoms with Crippen LogP contribution in [0.25, 0.3) is 11.1 Å². The van der Waals surface area contributed by atoms with Crippen LogP contribution >= 0.6 is 11.3 Å². The van der Waals surface area contributed by atoms with E-state index in [-0.39, 0.29) is 6.42 Å². The van der Waals surface area contributed by atoms with E-state index >= 15 is 0 Å². The average molecular weight is 427 g/mol. The molecule has 9 heteroatoms. The molecule has 0 saturated heterocycles. The quantitative estimate of drug-likeness (QED) is 0.613. The van der Waals surface area contributed by atoms with E-state index in [9.17, 15) is 24.3 Å². The average Bonchev–Trinajstić information content (AvgIpc) is 3.13. The Balaban J connectivity index is 1.80. The smallest absolute Gasteiger partial charge is 0.316 e.